The Balaban J connectivity index is 1.73. The van der Waals surface area contributed by atoms with E-state index in [9.17, 15) is 4.79 Å². The summed E-state index contributed by atoms with van der Waals surface area (Å²) in [5.41, 5.74) is 6.04. The zero-order chi connectivity index (χ0) is 23.8. The molecule has 170 valence electrons. The van der Waals surface area contributed by atoms with Gasteiger partial charge in [0.25, 0.3) is 0 Å². The van der Waals surface area contributed by atoms with Crippen LogP contribution < -0.4 is 5.32 Å². The summed E-state index contributed by atoms with van der Waals surface area (Å²) in [7, 11) is 0. The lowest BCUT2D eigenvalue weighted by atomic mass is 9.77. The smallest absolute Gasteiger partial charge is 0.155 e. The van der Waals surface area contributed by atoms with Crippen LogP contribution in [0.3, 0.4) is 0 Å². The van der Waals surface area contributed by atoms with Crippen LogP contribution in [0.5, 0.6) is 0 Å². The number of Topliss-reactive ketones (excluding diaryl/α,β-unsaturated/α-hetero) is 1. The highest BCUT2D eigenvalue weighted by molar-refractivity contribution is 5.90. The lowest BCUT2D eigenvalue weighted by Crippen LogP contribution is -2.54. The number of hydrogen-bond donors (Lipinski definition) is 1. The Kier molecular flexibility index (Phi) is 5.71. The van der Waals surface area contributed by atoms with E-state index >= 15 is 0 Å². The molecule has 34 heavy (non-hydrogen) atoms. The van der Waals surface area contributed by atoms with Crippen molar-refractivity contribution in [3.05, 3.63) is 131 Å². The highest BCUT2D eigenvalue weighted by Gasteiger charge is 2.47. The monoisotopic (exact) mass is 445 g/mol. The highest BCUT2D eigenvalue weighted by atomic mass is 16.1. The van der Waals surface area contributed by atoms with Gasteiger partial charge in [-0.15, -0.1) is 0 Å². The van der Waals surface area contributed by atoms with E-state index in [-0.39, 0.29) is 11.8 Å². The van der Waals surface area contributed by atoms with Gasteiger partial charge in [-0.1, -0.05) is 130 Å². The molecule has 1 aliphatic carbocycles. The summed E-state index contributed by atoms with van der Waals surface area (Å²) in [6.45, 7) is 6.04. The molecule has 4 aromatic carbocycles. The molecule has 0 saturated heterocycles. The van der Waals surface area contributed by atoms with E-state index in [4.69, 9.17) is 0 Å². The molecule has 0 radical (unpaired) electrons. The van der Waals surface area contributed by atoms with Crippen molar-refractivity contribution in [2.24, 2.45) is 5.41 Å². The largest absolute Gasteiger partial charge is 0.297 e. The maximum Gasteiger partial charge on any atom is 0.155 e. The fraction of sp³-hybridized carbons (Fsp3) is 0.219. The summed E-state index contributed by atoms with van der Waals surface area (Å²) in [4.78, 5) is 13.9. The predicted molar refractivity (Wildman–Crippen MR) is 140 cm³/mol. The van der Waals surface area contributed by atoms with E-state index in [2.05, 4.69) is 90.2 Å². The summed E-state index contributed by atoms with van der Waals surface area (Å²) >= 11 is 0. The molecule has 1 aliphatic rings. The first-order chi connectivity index (χ1) is 16.4. The van der Waals surface area contributed by atoms with Crippen LogP contribution in [0.1, 0.15) is 43.0 Å². The minimum absolute atomic E-state index is 0.216. The normalized spacial score (nSPS) is 14.8. The molecule has 0 unspecified atom stereocenters. The Morgan fingerprint density at radius 1 is 0.706 bits per heavy atom. The van der Waals surface area contributed by atoms with Crippen molar-refractivity contribution in [2.75, 3.05) is 0 Å². The van der Waals surface area contributed by atoms with Gasteiger partial charge < -0.3 is 0 Å². The van der Waals surface area contributed by atoms with Crippen molar-refractivity contribution < 1.29 is 4.79 Å². The lowest BCUT2D eigenvalue weighted by Gasteiger charge is -2.39. The Bertz CT molecular complexity index is 1260. The van der Waals surface area contributed by atoms with Gasteiger partial charge in [0.1, 0.15) is 0 Å². The minimum atomic E-state index is -0.616. The standard InChI is InChI=1S/C32H31NO/c1-31(2,3)30(34)29(22-23-14-6-4-7-15-23)33-32(24-16-8-5-9-17-24)27-20-12-10-18-25(27)26-19-11-13-21-28(26)32/h4-21,29,33H,22H2,1-3H3/t29-/m0/s1. The van der Waals surface area contributed by atoms with Crippen molar-refractivity contribution in [1.82, 2.24) is 5.32 Å². The number of rotatable bonds is 6. The second kappa shape index (κ2) is 8.70. The van der Waals surface area contributed by atoms with E-state index in [1.807, 2.05) is 45.0 Å². The molecule has 1 atom stereocenters. The number of hydrogen-bond acceptors (Lipinski definition) is 2. The lowest BCUT2D eigenvalue weighted by molar-refractivity contribution is -0.128. The fourth-order valence-electron chi connectivity index (χ4n) is 5.32. The molecule has 0 saturated carbocycles. The molecular formula is C32H31NO. The molecular weight excluding hydrogens is 414 g/mol. The van der Waals surface area contributed by atoms with E-state index in [0.717, 1.165) is 11.1 Å². The van der Waals surface area contributed by atoms with Crippen LogP contribution in [0.2, 0.25) is 0 Å². The maximum atomic E-state index is 13.9. The second-order valence-electron chi connectivity index (χ2n) is 10.2. The molecule has 2 nitrogen and oxygen atoms in total. The van der Waals surface area contributed by atoms with Gasteiger partial charge in [0.05, 0.1) is 11.6 Å². The minimum Gasteiger partial charge on any atom is -0.297 e. The molecule has 0 fully saturated rings. The van der Waals surface area contributed by atoms with Crippen molar-refractivity contribution in [1.29, 1.82) is 0 Å². The van der Waals surface area contributed by atoms with Crippen molar-refractivity contribution in [2.45, 2.75) is 38.8 Å². The molecule has 0 aliphatic heterocycles. The van der Waals surface area contributed by atoms with Gasteiger partial charge in [0.2, 0.25) is 0 Å². The third kappa shape index (κ3) is 3.78. The average molecular weight is 446 g/mol. The second-order valence-corrected chi connectivity index (χ2v) is 10.2. The Hall–Kier alpha value is -3.49. The van der Waals surface area contributed by atoms with Crippen molar-refractivity contribution in [3.8, 4) is 11.1 Å². The number of nitrogens with one attached hydrogen (secondary N) is 1. The van der Waals surface area contributed by atoms with Gasteiger partial charge in [-0.2, -0.15) is 0 Å². The molecule has 5 rings (SSSR count). The van der Waals surface area contributed by atoms with E-state index in [0.29, 0.717) is 6.42 Å². The zero-order valence-electron chi connectivity index (χ0n) is 20.1. The van der Waals surface area contributed by atoms with Crippen molar-refractivity contribution >= 4 is 5.78 Å². The summed E-state index contributed by atoms with van der Waals surface area (Å²) in [5.74, 6) is 0.216. The molecule has 2 heteroatoms. The number of ketones is 1. The Labute approximate surface area is 202 Å². The SMILES string of the molecule is CC(C)(C)C(=O)[C@H](Cc1ccccc1)NC1(c2ccccc2)c2ccccc2-c2ccccc21. The molecule has 0 heterocycles. The van der Waals surface area contributed by atoms with Crippen molar-refractivity contribution in [3.63, 3.8) is 0 Å². The summed E-state index contributed by atoms with van der Waals surface area (Å²) in [6, 6.07) is 37.7. The molecule has 4 aromatic rings. The van der Waals surface area contributed by atoms with Crippen LogP contribution in [0.25, 0.3) is 11.1 Å². The van der Waals surface area contributed by atoms with E-state index in [1.165, 1.54) is 22.3 Å². The number of carbonyl (C=O) groups is 1. The molecule has 0 amide bonds. The topological polar surface area (TPSA) is 29.1 Å². The summed E-state index contributed by atoms with van der Waals surface area (Å²) in [6.07, 6.45) is 0.635. The number of carbonyl (C=O) groups excluding carboxylic acids is 1. The molecule has 0 bridgehead atoms. The number of fused-ring (bicyclic) bond motifs is 3. The summed E-state index contributed by atoms with van der Waals surface area (Å²) in [5, 5.41) is 3.96. The zero-order valence-corrected chi connectivity index (χ0v) is 20.1. The van der Waals surface area contributed by atoms with Crippen LogP contribution in [-0.2, 0) is 16.8 Å². The highest BCUT2D eigenvalue weighted by Crippen LogP contribution is 2.51. The summed E-state index contributed by atoms with van der Waals surface area (Å²) < 4.78 is 0. The quantitative estimate of drug-likeness (QED) is 0.355. The van der Waals surface area contributed by atoms with Crippen LogP contribution in [0.4, 0.5) is 0 Å². The van der Waals surface area contributed by atoms with Gasteiger partial charge in [0.15, 0.2) is 5.78 Å². The Morgan fingerprint density at radius 3 is 1.71 bits per heavy atom. The Morgan fingerprint density at radius 2 is 1.18 bits per heavy atom. The van der Waals surface area contributed by atoms with Gasteiger partial charge in [-0.25, -0.2) is 0 Å². The first kappa shape index (κ1) is 22.3. The van der Waals surface area contributed by atoms with Crippen LogP contribution >= 0.6 is 0 Å². The maximum absolute atomic E-state index is 13.9. The third-order valence-corrected chi connectivity index (χ3v) is 6.89. The first-order valence-electron chi connectivity index (χ1n) is 12.0. The van der Waals surface area contributed by atoms with Crippen LogP contribution in [0.15, 0.2) is 109 Å². The van der Waals surface area contributed by atoms with Gasteiger partial charge in [-0.3, -0.25) is 10.1 Å². The first-order valence-corrected chi connectivity index (χ1v) is 12.0. The van der Waals surface area contributed by atoms with E-state index in [1.54, 1.807) is 0 Å². The molecule has 0 spiro atoms. The average Bonchev–Trinajstić information content (AvgIpc) is 3.15. The van der Waals surface area contributed by atoms with Gasteiger partial charge in [-0.05, 0) is 39.8 Å². The van der Waals surface area contributed by atoms with Gasteiger partial charge in [0, 0.05) is 5.41 Å². The molecule has 0 aromatic heterocycles. The predicted octanol–water partition coefficient (Wildman–Crippen LogP) is 6.78. The number of benzene rings is 4. The van der Waals surface area contributed by atoms with Crippen LogP contribution in [-0.4, -0.2) is 11.8 Å². The third-order valence-electron chi connectivity index (χ3n) is 6.89. The van der Waals surface area contributed by atoms with Crippen LogP contribution in [0, 0.1) is 5.41 Å². The molecule has 1 N–H and O–H groups in total. The van der Waals surface area contributed by atoms with Gasteiger partial charge >= 0.3 is 0 Å². The van der Waals surface area contributed by atoms with E-state index < -0.39 is 11.0 Å². The fourth-order valence-corrected chi connectivity index (χ4v) is 5.32.